The number of halogens is 3. The summed E-state index contributed by atoms with van der Waals surface area (Å²) in [6.45, 7) is 0.964. The van der Waals surface area contributed by atoms with Crippen LogP contribution in [0.4, 0.5) is 0 Å². The summed E-state index contributed by atoms with van der Waals surface area (Å²) in [6, 6.07) is 0. The Morgan fingerprint density at radius 2 is 1.63 bits per heavy atom. The maximum atomic E-state index is 9.31. The first-order valence-electron chi connectivity index (χ1n) is 5.68. The van der Waals surface area contributed by atoms with E-state index in [2.05, 4.69) is 47.8 Å². The van der Waals surface area contributed by atoms with Crippen LogP contribution in [0.1, 0.15) is 0 Å². The molecule has 0 saturated carbocycles. The minimum absolute atomic E-state index is 0.0668. The van der Waals surface area contributed by atoms with E-state index in [0.717, 1.165) is 10.7 Å². The number of hydrogen-bond donors (Lipinski definition) is 2. The van der Waals surface area contributed by atoms with Gasteiger partial charge in [-0.05, 0) is 0 Å². The minimum Gasteiger partial charge on any atom is -0.396 e. The van der Waals surface area contributed by atoms with Crippen LogP contribution in [-0.2, 0) is 13.6 Å². The zero-order chi connectivity index (χ0) is 14.4. The summed E-state index contributed by atoms with van der Waals surface area (Å²) in [5.41, 5.74) is -0.767. The smallest absolute Gasteiger partial charge is 0.332 e. The van der Waals surface area contributed by atoms with Crippen molar-refractivity contribution in [1.82, 2.24) is 0 Å². The summed E-state index contributed by atoms with van der Waals surface area (Å²) in [4.78, 5) is 0. The summed E-state index contributed by atoms with van der Waals surface area (Å²) in [5, 5.41) is 20.6. The third-order valence-electron chi connectivity index (χ3n) is 2.95. The van der Waals surface area contributed by atoms with Gasteiger partial charge in [-0.3, -0.25) is 0 Å². The summed E-state index contributed by atoms with van der Waals surface area (Å²) >= 11 is 10.2. The van der Waals surface area contributed by atoms with Crippen LogP contribution in [0, 0.1) is 10.8 Å². The van der Waals surface area contributed by atoms with E-state index in [0.29, 0.717) is 18.5 Å². The van der Waals surface area contributed by atoms with Crippen molar-refractivity contribution in [2.45, 2.75) is 0 Å². The fraction of sp³-hybridized carbons (Fsp3) is 1.00. The number of aliphatic hydroxyl groups excluding tert-OH is 2. The molecule has 0 aromatic carbocycles. The van der Waals surface area contributed by atoms with E-state index < -0.39 is 14.0 Å². The van der Waals surface area contributed by atoms with Crippen LogP contribution in [0.3, 0.4) is 0 Å². The van der Waals surface area contributed by atoms with E-state index in [4.69, 9.17) is 13.6 Å². The molecule has 19 heavy (non-hydrogen) atoms. The summed E-state index contributed by atoms with van der Waals surface area (Å²) in [6.07, 6.45) is 0. The maximum Gasteiger partial charge on any atom is 0.332 e. The molecule has 5 nitrogen and oxygen atoms in total. The lowest BCUT2D eigenvalue weighted by Gasteiger charge is -2.37. The van der Waals surface area contributed by atoms with Gasteiger partial charge >= 0.3 is 8.60 Å². The van der Waals surface area contributed by atoms with Crippen molar-refractivity contribution in [3.63, 3.8) is 0 Å². The van der Waals surface area contributed by atoms with Crippen molar-refractivity contribution >= 4 is 56.4 Å². The third-order valence-corrected chi connectivity index (χ3v) is 7.54. The Balaban J connectivity index is 2.41. The van der Waals surface area contributed by atoms with Gasteiger partial charge < -0.3 is 23.8 Å². The fourth-order valence-corrected chi connectivity index (χ4v) is 4.63. The maximum absolute atomic E-state index is 9.31. The number of alkyl halides is 3. The molecule has 2 N–H and O–H groups in total. The molecule has 1 saturated heterocycles. The fourth-order valence-electron chi connectivity index (χ4n) is 1.18. The van der Waals surface area contributed by atoms with Crippen LogP contribution in [0.15, 0.2) is 0 Å². The van der Waals surface area contributed by atoms with Crippen LogP contribution < -0.4 is 0 Å². The minimum atomic E-state index is -1.41. The SMILES string of the molecule is OCC(CO)(CBr)COP1OCC(CBr)(CBr)CO1. The molecule has 1 aliphatic rings. The second-order valence-corrected chi connectivity index (χ2v) is 7.67. The first-order chi connectivity index (χ1) is 9.09. The van der Waals surface area contributed by atoms with Crippen molar-refractivity contribution in [3.05, 3.63) is 0 Å². The molecule has 0 radical (unpaired) electrons. The molecule has 114 valence electrons. The predicted octanol–water partition coefficient (Wildman–Crippen LogP) is 2.42. The van der Waals surface area contributed by atoms with E-state index in [-0.39, 0.29) is 25.2 Å². The van der Waals surface area contributed by atoms with Crippen molar-refractivity contribution in [1.29, 1.82) is 0 Å². The second kappa shape index (κ2) is 8.96. The quantitative estimate of drug-likeness (QED) is 0.406. The lowest BCUT2D eigenvalue weighted by atomic mass is 9.95. The van der Waals surface area contributed by atoms with Crippen molar-refractivity contribution in [2.75, 3.05) is 49.0 Å². The Bertz CT molecular complexity index is 245. The molecule has 1 fully saturated rings. The standard InChI is InChI=1S/C10H18Br3O5P/c11-1-9(2-12)6-16-19(17-7-9)18-8-10(3-13,4-14)5-15/h14-15H,1-8H2. The molecule has 0 atom stereocenters. The number of aliphatic hydroxyl groups is 2. The first kappa shape index (κ1) is 18.7. The number of rotatable bonds is 8. The van der Waals surface area contributed by atoms with Gasteiger partial charge in [-0.2, -0.15) is 0 Å². The summed E-state index contributed by atoms with van der Waals surface area (Å²) in [5.74, 6) is 0. The molecule has 0 bridgehead atoms. The molecule has 0 aromatic heterocycles. The number of hydrogen-bond acceptors (Lipinski definition) is 5. The largest absolute Gasteiger partial charge is 0.396 e. The molecule has 1 aliphatic heterocycles. The average molecular weight is 489 g/mol. The molecular formula is C10H18Br3O5P. The van der Waals surface area contributed by atoms with Gasteiger partial charge in [0, 0.05) is 21.4 Å². The van der Waals surface area contributed by atoms with Gasteiger partial charge in [-0.1, -0.05) is 47.8 Å². The second-order valence-electron chi connectivity index (χ2n) is 4.76. The highest BCUT2D eigenvalue weighted by molar-refractivity contribution is 9.10. The Kier molecular flexibility index (Phi) is 8.82. The predicted molar refractivity (Wildman–Crippen MR) is 85.2 cm³/mol. The first-order valence-corrected chi connectivity index (χ1v) is 10.1. The molecule has 0 aromatic rings. The third kappa shape index (κ3) is 5.11. The van der Waals surface area contributed by atoms with Gasteiger partial charge in [0.05, 0.1) is 38.4 Å². The van der Waals surface area contributed by atoms with E-state index >= 15 is 0 Å². The zero-order valence-corrected chi connectivity index (χ0v) is 16.0. The van der Waals surface area contributed by atoms with Gasteiger partial charge in [-0.25, -0.2) is 0 Å². The van der Waals surface area contributed by atoms with Crippen molar-refractivity contribution < 1.29 is 23.8 Å². The highest BCUT2D eigenvalue weighted by Gasteiger charge is 2.38. The molecule has 0 spiro atoms. The van der Waals surface area contributed by atoms with Crippen LogP contribution in [-0.4, -0.2) is 59.2 Å². The molecular weight excluding hydrogens is 471 g/mol. The molecule has 0 amide bonds. The van der Waals surface area contributed by atoms with Crippen molar-refractivity contribution in [2.24, 2.45) is 10.8 Å². The van der Waals surface area contributed by atoms with Gasteiger partial charge in [0.15, 0.2) is 0 Å². The highest BCUT2D eigenvalue weighted by atomic mass is 79.9. The monoisotopic (exact) mass is 486 g/mol. The molecule has 1 rings (SSSR count). The Hall–Kier alpha value is 1.67. The van der Waals surface area contributed by atoms with Crippen LogP contribution in [0.25, 0.3) is 0 Å². The summed E-state index contributed by atoms with van der Waals surface area (Å²) in [7, 11) is -1.41. The van der Waals surface area contributed by atoms with Crippen molar-refractivity contribution in [3.8, 4) is 0 Å². The van der Waals surface area contributed by atoms with Gasteiger partial charge in [0.2, 0.25) is 0 Å². The van der Waals surface area contributed by atoms with E-state index in [1.54, 1.807) is 0 Å². The summed E-state index contributed by atoms with van der Waals surface area (Å²) < 4.78 is 16.7. The van der Waals surface area contributed by atoms with E-state index in [1.807, 2.05) is 0 Å². The molecule has 9 heteroatoms. The van der Waals surface area contributed by atoms with Gasteiger partial charge in [0.1, 0.15) is 0 Å². The van der Waals surface area contributed by atoms with E-state index in [1.165, 1.54) is 0 Å². The van der Waals surface area contributed by atoms with Gasteiger partial charge in [0.25, 0.3) is 0 Å². The Morgan fingerprint density at radius 1 is 1.11 bits per heavy atom. The zero-order valence-electron chi connectivity index (χ0n) is 10.4. The average Bonchev–Trinajstić information content (AvgIpc) is 2.50. The van der Waals surface area contributed by atoms with Crippen LogP contribution in [0.5, 0.6) is 0 Å². The normalized spacial score (nSPS) is 20.7. The topological polar surface area (TPSA) is 68.2 Å². The molecule has 0 unspecified atom stereocenters. The van der Waals surface area contributed by atoms with Crippen LogP contribution >= 0.6 is 56.4 Å². The lowest BCUT2D eigenvalue weighted by molar-refractivity contribution is -0.00277. The van der Waals surface area contributed by atoms with E-state index in [9.17, 15) is 10.2 Å². The van der Waals surface area contributed by atoms with Crippen LogP contribution in [0.2, 0.25) is 0 Å². The lowest BCUT2D eigenvalue weighted by Crippen LogP contribution is -2.39. The Labute approximate surface area is 139 Å². The van der Waals surface area contributed by atoms with Gasteiger partial charge in [-0.15, -0.1) is 0 Å². The molecule has 1 heterocycles. The Morgan fingerprint density at radius 3 is 2.00 bits per heavy atom. The highest BCUT2D eigenvalue weighted by Crippen LogP contribution is 2.48. The molecule has 0 aliphatic carbocycles.